The predicted molar refractivity (Wildman–Crippen MR) is 139 cm³/mol. The average Bonchev–Trinajstić information content (AvgIpc) is 3.44. The van der Waals surface area contributed by atoms with E-state index in [1.54, 1.807) is 0 Å². The Hall–Kier alpha value is -4.24. The molecule has 0 radical (unpaired) electrons. The van der Waals surface area contributed by atoms with Crippen LogP contribution < -0.4 is 4.90 Å². The molecular formula is C32H21N3. The van der Waals surface area contributed by atoms with Gasteiger partial charge < -0.3 is 0 Å². The van der Waals surface area contributed by atoms with Crippen molar-refractivity contribution in [1.82, 2.24) is 9.97 Å². The number of aromatic nitrogens is 2. The highest BCUT2D eigenvalue weighted by atomic mass is 15.2. The van der Waals surface area contributed by atoms with E-state index in [2.05, 4.69) is 65.6 Å². The van der Waals surface area contributed by atoms with Crippen LogP contribution in [0.1, 0.15) is 44.6 Å². The molecule has 4 heterocycles. The van der Waals surface area contributed by atoms with Crippen molar-refractivity contribution in [2.75, 3.05) is 4.90 Å². The summed E-state index contributed by atoms with van der Waals surface area (Å²) in [6.45, 7) is 0. The summed E-state index contributed by atoms with van der Waals surface area (Å²) < 4.78 is 0. The van der Waals surface area contributed by atoms with Gasteiger partial charge in [-0.25, -0.2) is 4.98 Å². The molecule has 0 unspecified atom stereocenters. The van der Waals surface area contributed by atoms with Gasteiger partial charge in [0.15, 0.2) is 0 Å². The Balaban J connectivity index is 1.26. The van der Waals surface area contributed by atoms with Gasteiger partial charge in [-0.15, -0.1) is 0 Å². The third-order valence-corrected chi connectivity index (χ3v) is 8.43. The normalized spacial score (nSPS) is 14.9. The van der Waals surface area contributed by atoms with Crippen LogP contribution in [0.3, 0.4) is 0 Å². The number of anilines is 3. The van der Waals surface area contributed by atoms with Crippen molar-refractivity contribution in [3.8, 4) is 22.3 Å². The molecule has 3 aromatic carbocycles. The van der Waals surface area contributed by atoms with Crippen molar-refractivity contribution in [3.63, 3.8) is 0 Å². The molecule has 3 nitrogen and oxygen atoms in total. The van der Waals surface area contributed by atoms with Crippen LogP contribution in [0.15, 0.2) is 79.1 Å². The van der Waals surface area contributed by atoms with Gasteiger partial charge in [0, 0.05) is 25.2 Å². The highest BCUT2D eigenvalue weighted by molar-refractivity contribution is 5.92. The second kappa shape index (κ2) is 6.25. The van der Waals surface area contributed by atoms with Crippen LogP contribution in [0, 0.1) is 0 Å². The molecule has 164 valence electrons. The lowest BCUT2D eigenvalue weighted by Gasteiger charge is -2.38. The summed E-state index contributed by atoms with van der Waals surface area (Å²) >= 11 is 0. The summed E-state index contributed by atoms with van der Waals surface area (Å²) in [4.78, 5) is 12.1. The van der Waals surface area contributed by atoms with Gasteiger partial charge in [-0.2, -0.15) is 0 Å². The number of rotatable bonds is 0. The first-order chi connectivity index (χ1) is 17.3. The fourth-order valence-corrected chi connectivity index (χ4v) is 6.93. The minimum atomic E-state index is 0.886. The van der Waals surface area contributed by atoms with Crippen LogP contribution >= 0.6 is 0 Å². The monoisotopic (exact) mass is 447 g/mol. The molecule has 4 aliphatic rings. The summed E-state index contributed by atoms with van der Waals surface area (Å²) in [5.74, 6) is 1.06. The van der Waals surface area contributed by atoms with Gasteiger partial charge in [0.05, 0.1) is 17.1 Å². The number of fused-ring (bicyclic) bond motifs is 11. The van der Waals surface area contributed by atoms with Crippen LogP contribution in [-0.4, -0.2) is 9.97 Å². The lowest BCUT2D eigenvalue weighted by molar-refractivity contribution is 0.932. The fourth-order valence-electron chi connectivity index (χ4n) is 6.93. The SMILES string of the molecule is c1ccc2c(c1)Cc1cc3c(cc1-2)-c1ccc2c(c1C3)Cc1nccc3c1N2c1ncccc1C3. The van der Waals surface area contributed by atoms with E-state index in [0.29, 0.717) is 0 Å². The number of hydrogen-bond donors (Lipinski definition) is 0. The summed E-state index contributed by atoms with van der Waals surface area (Å²) in [6.07, 6.45) is 7.74. The van der Waals surface area contributed by atoms with E-state index in [1.165, 1.54) is 78.3 Å². The maximum absolute atomic E-state index is 4.86. The average molecular weight is 448 g/mol. The first kappa shape index (κ1) is 18.1. The molecule has 2 aromatic heterocycles. The Bertz CT molecular complexity index is 1760. The molecule has 0 atom stereocenters. The van der Waals surface area contributed by atoms with E-state index in [-0.39, 0.29) is 0 Å². The van der Waals surface area contributed by atoms with Gasteiger partial charge in [0.25, 0.3) is 0 Å². The molecule has 2 aliphatic carbocycles. The zero-order chi connectivity index (χ0) is 22.7. The molecule has 0 fully saturated rings. The molecule has 0 amide bonds. The third kappa shape index (κ3) is 2.26. The van der Waals surface area contributed by atoms with Crippen molar-refractivity contribution in [2.45, 2.75) is 25.7 Å². The summed E-state index contributed by atoms with van der Waals surface area (Å²) in [6, 6.07) is 24.9. The standard InChI is InChI=1S/C32H21N3/c1-2-6-23-18(4-1)12-21-14-22-15-27-24(26(22)16-25(21)23)7-8-30-28(27)17-29-31-19(9-11-33-29)13-20-5-3-10-34-32(20)35(30)31/h1-11,14,16H,12-13,15,17H2. The Labute approximate surface area is 203 Å². The Morgan fingerprint density at radius 2 is 1.40 bits per heavy atom. The highest BCUT2D eigenvalue weighted by Crippen LogP contribution is 2.53. The van der Waals surface area contributed by atoms with E-state index in [0.717, 1.165) is 31.5 Å². The maximum atomic E-state index is 4.86. The number of hydrogen-bond acceptors (Lipinski definition) is 3. The zero-order valence-corrected chi connectivity index (χ0v) is 19.2. The van der Waals surface area contributed by atoms with Gasteiger partial charge in [0.1, 0.15) is 5.82 Å². The number of pyridine rings is 2. The second-order valence-corrected chi connectivity index (χ2v) is 10.2. The van der Waals surface area contributed by atoms with Crippen LogP contribution in [0.5, 0.6) is 0 Å². The van der Waals surface area contributed by atoms with Crippen molar-refractivity contribution in [2.24, 2.45) is 0 Å². The summed E-state index contributed by atoms with van der Waals surface area (Å²) in [5.41, 5.74) is 19.2. The molecule has 0 spiro atoms. The molecule has 0 saturated heterocycles. The van der Waals surface area contributed by atoms with Crippen molar-refractivity contribution in [1.29, 1.82) is 0 Å². The van der Waals surface area contributed by atoms with Gasteiger partial charge >= 0.3 is 0 Å². The van der Waals surface area contributed by atoms with Gasteiger partial charge in [-0.1, -0.05) is 42.5 Å². The number of benzene rings is 3. The van der Waals surface area contributed by atoms with Crippen molar-refractivity contribution >= 4 is 17.2 Å². The summed E-state index contributed by atoms with van der Waals surface area (Å²) in [7, 11) is 0. The molecule has 2 aliphatic heterocycles. The lowest BCUT2D eigenvalue weighted by Crippen LogP contribution is -2.26. The maximum Gasteiger partial charge on any atom is 0.141 e. The first-order valence-corrected chi connectivity index (χ1v) is 12.4. The van der Waals surface area contributed by atoms with Gasteiger partial charge in [0.2, 0.25) is 0 Å². The molecule has 3 heteroatoms. The highest BCUT2D eigenvalue weighted by Gasteiger charge is 2.36. The smallest absolute Gasteiger partial charge is 0.141 e. The third-order valence-electron chi connectivity index (χ3n) is 8.43. The van der Waals surface area contributed by atoms with Crippen LogP contribution in [0.25, 0.3) is 22.3 Å². The fraction of sp³-hybridized carbons (Fsp3) is 0.125. The lowest BCUT2D eigenvalue weighted by atomic mass is 9.87. The molecule has 0 saturated carbocycles. The Morgan fingerprint density at radius 3 is 2.40 bits per heavy atom. The molecule has 9 rings (SSSR count). The van der Waals surface area contributed by atoms with Crippen molar-refractivity contribution in [3.05, 3.63) is 124 Å². The van der Waals surface area contributed by atoms with E-state index in [9.17, 15) is 0 Å². The van der Waals surface area contributed by atoms with E-state index in [4.69, 9.17) is 9.97 Å². The first-order valence-electron chi connectivity index (χ1n) is 12.4. The second-order valence-electron chi connectivity index (χ2n) is 10.2. The molecule has 0 bridgehead atoms. The Morgan fingerprint density at radius 1 is 0.543 bits per heavy atom. The molecule has 5 aromatic rings. The van der Waals surface area contributed by atoms with E-state index < -0.39 is 0 Å². The molecular weight excluding hydrogens is 426 g/mol. The van der Waals surface area contributed by atoms with Crippen LogP contribution in [-0.2, 0) is 25.7 Å². The zero-order valence-electron chi connectivity index (χ0n) is 19.2. The van der Waals surface area contributed by atoms with Gasteiger partial charge in [-0.05, 0) is 98.3 Å². The minimum Gasteiger partial charge on any atom is -0.292 e. The molecule has 35 heavy (non-hydrogen) atoms. The Kier molecular flexibility index (Phi) is 3.24. The minimum absolute atomic E-state index is 0.886. The van der Waals surface area contributed by atoms with Crippen molar-refractivity contribution < 1.29 is 0 Å². The quantitative estimate of drug-likeness (QED) is 0.253. The van der Waals surface area contributed by atoms with E-state index >= 15 is 0 Å². The molecule has 0 N–H and O–H groups in total. The van der Waals surface area contributed by atoms with Gasteiger partial charge in [-0.3, -0.25) is 9.88 Å². The topological polar surface area (TPSA) is 29.0 Å². The predicted octanol–water partition coefficient (Wildman–Crippen LogP) is 6.90. The largest absolute Gasteiger partial charge is 0.292 e. The number of nitrogens with zero attached hydrogens (tertiary/aromatic N) is 3. The summed E-state index contributed by atoms with van der Waals surface area (Å²) in [5, 5.41) is 0. The van der Waals surface area contributed by atoms with Crippen LogP contribution in [0.4, 0.5) is 17.2 Å². The van der Waals surface area contributed by atoms with Crippen LogP contribution in [0.2, 0.25) is 0 Å². The van der Waals surface area contributed by atoms with E-state index in [1.807, 2.05) is 18.5 Å².